The monoisotopic (exact) mass is 378 g/mol. The van der Waals surface area contributed by atoms with Crippen molar-refractivity contribution in [2.45, 2.75) is 39.0 Å². The van der Waals surface area contributed by atoms with Crippen LogP contribution < -0.4 is 9.47 Å². The van der Waals surface area contributed by atoms with Crippen molar-refractivity contribution in [1.29, 1.82) is 0 Å². The first kappa shape index (κ1) is 21.3. The van der Waals surface area contributed by atoms with E-state index < -0.39 is 0 Å². The summed E-state index contributed by atoms with van der Waals surface area (Å²) in [4.78, 5) is 12.5. The summed E-state index contributed by atoms with van der Waals surface area (Å²) in [6.07, 6.45) is 4.68. The van der Waals surface area contributed by atoms with Crippen molar-refractivity contribution in [3.63, 3.8) is 0 Å². The molecule has 1 aliphatic rings. The zero-order chi connectivity index (χ0) is 19.9. The Morgan fingerprint density at radius 2 is 1.74 bits per heavy atom. The van der Waals surface area contributed by atoms with Gasteiger partial charge < -0.3 is 23.7 Å². The van der Waals surface area contributed by atoms with Gasteiger partial charge in [0.05, 0.1) is 7.11 Å². The SMILES string of the molecule is CCC1(CC)CC=C(C(=O)OC)[C@@H]1c1cc(OCOC)ccc1OCOC. The topological polar surface area (TPSA) is 63.2 Å². The van der Waals surface area contributed by atoms with Crippen LogP contribution in [0, 0.1) is 5.41 Å². The molecule has 2 rings (SSSR count). The fourth-order valence-electron chi connectivity index (χ4n) is 3.86. The lowest BCUT2D eigenvalue weighted by atomic mass is 9.68. The molecule has 1 aromatic carbocycles. The first-order valence-corrected chi connectivity index (χ1v) is 9.22. The Labute approximate surface area is 161 Å². The molecule has 0 saturated heterocycles. The number of esters is 1. The van der Waals surface area contributed by atoms with Crippen molar-refractivity contribution in [2.75, 3.05) is 34.9 Å². The molecule has 6 heteroatoms. The van der Waals surface area contributed by atoms with Gasteiger partial charge in [0.2, 0.25) is 0 Å². The maximum Gasteiger partial charge on any atom is 0.334 e. The maximum absolute atomic E-state index is 12.5. The molecular weight excluding hydrogens is 348 g/mol. The van der Waals surface area contributed by atoms with Crippen molar-refractivity contribution >= 4 is 5.97 Å². The first-order valence-electron chi connectivity index (χ1n) is 9.22. The molecule has 0 fully saturated rings. The molecule has 0 aliphatic heterocycles. The van der Waals surface area contributed by atoms with Crippen LogP contribution in [-0.4, -0.2) is 40.9 Å². The minimum absolute atomic E-state index is 0.0748. The van der Waals surface area contributed by atoms with Gasteiger partial charge in [-0.25, -0.2) is 4.79 Å². The van der Waals surface area contributed by atoms with E-state index in [9.17, 15) is 4.79 Å². The van der Waals surface area contributed by atoms with Gasteiger partial charge in [0.15, 0.2) is 13.6 Å². The van der Waals surface area contributed by atoms with E-state index in [4.69, 9.17) is 23.7 Å². The van der Waals surface area contributed by atoms with Gasteiger partial charge in [0.25, 0.3) is 0 Å². The van der Waals surface area contributed by atoms with E-state index in [1.807, 2.05) is 24.3 Å². The van der Waals surface area contributed by atoms with Crippen molar-refractivity contribution in [3.8, 4) is 11.5 Å². The highest BCUT2D eigenvalue weighted by Gasteiger charge is 2.46. The lowest BCUT2D eigenvalue weighted by Crippen LogP contribution is -2.27. The molecule has 0 saturated carbocycles. The van der Waals surface area contributed by atoms with Crippen molar-refractivity contribution < 1.29 is 28.5 Å². The van der Waals surface area contributed by atoms with Crippen LogP contribution in [0.5, 0.6) is 11.5 Å². The lowest BCUT2D eigenvalue weighted by Gasteiger charge is -2.36. The number of carbonyl (C=O) groups excluding carboxylic acids is 1. The summed E-state index contributed by atoms with van der Waals surface area (Å²) in [5, 5.41) is 0. The predicted molar refractivity (Wildman–Crippen MR) is 102 cm³/mol. The predicted octanol–water partition coefficient (Wildman–Crippen LogP) is 4.05. The molecule has 0 radical (unpaired) electrons. The molecule has 6 nitrogen and oxygen atoms in total. The quantitative estimate of drug-likeness (QED) is 0.452. The van der Waals surface area contributed by atoms with Crippen LogP contribution >= 0.6 is 0 Å². The molecule has 0 amide bonds. The molecular formula is C21H30O6. The molecule has 0 aromatic heterocycles. The maximum atomic E-state index is 12.5. The molecule has 0 N–H and O–H groups in total. The summed E-state index contributed by atoms with van der Waals surface area (Å²) in [5.41, 5.74) is 1.50. The number of hydrogen-bond donors (Lipinski definition) is 0. The fourth-order valence-corrected chi connectivity index (χ4v) is 3.86. The van der Waals surface area contributed by atoms with Crippen molar-refractivity contribution in [1.82, 2.24) is 0 Å². The van der Waals surface area contributed by atoms with Gasteiger partial charge in [-0.2, -0.15) is 0 Å². The smallest absolute Gasteiger partial charge is 0.334 e. The van der Waals surface area contributed by atoms with E-state index in [1.54, 1.807) is 14.2 Å². The van der Waals surface area contributed by atoms with Crippen LogP contribution in [-0.2, 0) is 19.0 Å². The zero-order valence-corrected chi connectivity index (χ0v) is 16.9. The van der Waals surface area contributed by atoms with Gasteiger partial charge in [0.1, 0.15) is 11.5 Å². The van der Waals surface area contributed by atoms with Gasteiger partial charge in [-0.05, 0) is 42.9 Å². The summed E-state index contributed by atoms with van der Waals surface area (Å²) in [6.45, 7) is 4.59. The third kappa shape index (κ3) is 4.45. The van der Waals surface area contributed by atoms with Gasteiger partial charge in [-0.3, -0.25) is 0 Å². The van der Waals surface area contributed by atoms with Crippen LogP contribution in [0.15, 0.2) is 29.8 Å². The minimum atomic E-state index is -0.301. The average molecular weight is 378 g/mol. The molecule has 1 aliphatic carbocycles. The summed E-state index contributed by atoms with van der Waals surface area (Å²) in [7, 11) is 4.57. The van der Waals surface area contributed by atoms with E-state index in [1.165, 1.54) is 7.11 Å². The van der Waals surface area contributed by atoms with Crippen molar-refractivity contribution in [3.05, 3.63) is 35.4 Å². The fraction of sp³-hybridized carbons (Fsp3) is 0.571. The Morgan fingerprint density at radius 1 is 1.07 bits per heavy atom. The molecule has 1 aromatic rings. The zero-order valence-electron chi connectivity index (χ0n) is 16.9. The van der Waals surface area contributed by atoms with Crippen LogP contribution in [0.4, 0.5) is 0 Å². The number of methoxy groups -OCH3 is 3. The van der Waals surface area contributed by atoms with E-state index in [0.29, 0.717) is 17.1 Å². The van der Waals surface area contributed by atoms with Gasteiger partial charge in [-0.1, -0.05) is 19.9 Å². The Balaban J connectivity index is 2.56. The minimum Gasteiger partial charge on any atom is -0.468 e. The molecule has 0 bridgehead atoms. The van der Waals surface area contributed by atoms with E-state index in [2.05, 4.69) is 13.8 Å². The molecule has 0 unspecified atom stereocenters. The lowest BCUT2D eigenvalue weighted by molar-refractivity contribution is -0.136. The Bertz CT molecular complexity index is 663. The Morgan fingerprint density at radius 3 is 2.33 bits per heavy atom. The molecule has 150 valence electrons. The van der Waals surface area contributed by atoms with Gasteiger partial charge in [0, 0.05) is 31.3 Å². The van der Waals surface area contributed by atoms with E-state index in [-0.39, 0.29) is 30.9 Å². The number of hydrogen-bond acceptors (Lipinski definition) is 6. The second-order valence-electron chi connectivity index (χ2n) is 6.66. The number of carbonyl (C=O) groups is 1. The highest BCUT2D eigenvalue weighted by atomic mass is 16.7. The second kappa shape index (κ2) is 9.76. The Kier molecular flexibility index (Phi) is 7.68. The number of benzene rings is 1. The number of allylic oxidation sites excluding steroid dienone is 1. The van der Waals surface area contributed by atoms with E-state index in [0.717, 1.165) is 24.8 Å². The summed E-state index contributed by atoms with van der Waals surface area (Å²) in [6, 6.07) is 5.60. The molecule has 27 heavy (non-hydrogen) atoms. The highest BCUT2D eigenvalue weighted by molar-refractivity contribution is 5.91. The van der Waals surface area contributed by atoms with Crippen LogP contribution in [0.1, 0.15) is 44.6 Å². The first-order chi connectivity index (χ1) is 13.1. The van der Waals surface area contributed by atoms with Gasteiger partial charge in [-0.15, -0.1) is 0 Å². The summed E-state index contributed by atoms with van der Waals surface area (Å²) in [5.74, 6) is 0.894. The standard InChI is InChI=1S/C21H30O6/c1-6-21(7-2)11-10-16(20(22)25-5)19(21)17-12-15(26-13-23-3)8-9-18(17)27-14-24-4/h8-10,12,19H,6-7,11,13-14H2,1-5H3/t19-/m1/s1. The summed E-state index contributed by atoms with van der Waals surface area (Å²) < 4.78 is 26.6. The normalized spacial score (nSPS) is 18.1. The summed E-state index contributed by atoms with van der Waals surface area (Å²) >= 11 is 0. The number of ether oxygens (including phenoxy) is 5. The third-order valence-corrected chi connectivity index (χ3v) is 5.45. The highest BCUT2D eigenvalue weighted by Crippen LogP contribution is 2.56. The number of rotatable bonds is 10. The second-order valence-corrected chi connectivity index (χ2v) is 6.66. The average Bonchev–Trinajstić information content (AvgIpc) is 3.10. The van der Waals surface area contributed by atoms with Crippen LogP contribution in [0.25, 0.3) is 0 Å². The van der Waals surface area contributed by atoms with E-state index >= 15 is 0 Å². The van der Waals surface area contributed by atoms with Gasteiger partial charge >= 0.3 is 5.97 Å². The third-order valence-electron chi connectivity index (χ3n) is 5.45. The molecule has 1 atom stereocenters. The molecule has 0 spiro atoms. The van der Waals surface area contributed by atoms with Crippen molar-refractivity contribution in [2.24, 2.45) is 5.41 Å². The largest absolute Gasteiger partial charge is 0.468 e. The molecule has 0 heterocycles. The Hall–Kier alpha value is -2.05. The van der Waals surface area contributed by atoms with Crippen LogP contribution in [0.3, 0.4) is 0 Å². The van der Waals surface area contributed by atoms with Crippen LogP contribution in [0.2, 0.25) is 0 Å².